The molecule has 0 saturated carbocycles. The molecule has 0 radical (unpaired) electrons. The number of furan rings is 2. The fourth-order valence-electron chi connectivity index (χ4n) is 9.69. The molecule has 13 rings (SSSR count). The minimum absolute atomic E-state index is 0.810. The Kier molecular flexibility index (Phi) is 6.41. The molecule has 4 nitrogen and oxygen atoms in total. The van der Waals surface area contributed by atoms with Crippen LogP contribution in [-0.4, -0.2) is 9.13 Å². The summed E-state index contributed by atoms with van der Waals surface area (Å²) in [7, 11) is 0. The lowest BCUT2D eigenvalue weighted by molar-refractivity contribution is 0.663. The summed E-state index contributed by atoms with van der Waals surface area (Å²) in [6.07, 6.45) is 0. The summed E-state index contributed by atoms with van der Waals surface area (Å²) < 4.78 is 19.1. The Morgan fingerprint density at radius 1 is 0.293 bits per heavy atom. The Morgan fingerprint density at radius 2 is 0.672 bits per heavy atom. The quantitative estimate of drug-likeness (QED) is 0.180. The van der Waals surface area contributed by atoms with Crippen LogP contribution in [0.15, 0.2) is 203 Å². The average Bonchev–Trinajstić information content (AvgIpc) is 4.04. The van der Waals surface area contributed by atoms with E-state index in [0.29, 0.717) is 0 Å². The largest absolute Gasteiger partial charge is 0.455 e. The Labute approximate surface area is 332 Å². The number of rotatable bonds is 4. The maximum absolute atomic E-state index is 7.19. The standard InChI is InChI=1S/C54H32N2O2/c1-3-15-33(16-4-1)49-50(34-17-5-2-6-18-34)53-52(42-30-28-36(32-48(42)57-53)56-45-25-13-9-21-39(45)40-22-10-14-26-46(40)56)54-51(49)41-29-27-35(31-47(41)58-54)55-43-23-11-7-19-37(43)38-20-8-12-24-44(38)55/h1-32H. The predicted octanol–water partition coefficient (Wildman–Crippen LogP) is 15.0. The van der Waals surface area contributed by atoms with E-state index in [9.17, 15) is 0 Å². The number of fused-ring (bicyclic) bond motifs is 13. The van der Waals surface area contributed by atoms with Gasteiger partial charge in [0.25, 0.3) is 0 Å². The number of aromatic nitrogens is 2. The van der Waals surface area contributed by atoms with Crippen LogP contribution < -0.4 is 0 Å². The summed E-state index contributed by atoms with van der Waals surface area (Å²) in [4.78, 5) is 0. The zero-order chi connectivity index (χ0) is 37.9. The van der Waals surface area contributed by atoms with Gasteiger partial charge in [-0.15, -0.1) is 0 Å². The number of benzene rings is 9. The highest BCUT2D eigenvalue weighted by molar-refractivity contribution is 6.31. The molecule has 270 valence electrons. The summed E-state index contributed by atoms with van der Waals surface area (Å²) in [5, 5.41) is 9.05. The number of hydrogen-bond donors (Lipinski definition) is 0. The van der Waals surface area contributed by atoms with Crippen molar-refractivity contribution in [1.29, 1.82) is 0 Å². The zero-order valence-corrected chi connectivity index (χ0v) is 31.2. The molecule has 0 spiro atoms. The van der Waals surface area contributed by atoms with E-state index in [2.05, 4.69) is 203 Å². The molecule has 0 aliphatic rings. The molecule has 0 unspecified atom stereocenters. The van der Waals surface area contributed by atoms with Gasteiger partial charge < -0.3 is 18.0 Å². The van der Waals surface area contributed by atoms with Gasteiger partial charge in [-0.1, -0.05) is 133 Å². The molecule has 4 aromatic heterocycles. The number of hydrogen-bond acceptors (Lipinski definition) is 2. The number of nitrogens with zero attached hydrogens (tertiary/aromatic N) is 2. The first-order valence-electron chi connectivity index (χ1n) is 19.8. The normalized spacial score (nSPS) is 12.1. The third-order valence-corrected chi connectivity index (χ3v) is 12.1. The van der Waals surface area contributed by atoms with Crippen LogP contribution in [0, 0.1) is 0 Å². The van der Waals surface area contributed by atoms with Crippen LogP contribution in [0.4, 0.5) is 0 Å². The monoisotopic (exact) mass is 740 g/mol. The number of para-hydroxylation sites is 4. The van der Waals surface area contributed by atoms with Crippen molar-refractivity contribution in [1.82, 2.24) is 9.13 Å². The summed E-state index contributed by atoms with van der Waals surface area (Å²) in [6.45, 7) is 0. The van der Waals surface area contributed by atoms with Gasteiger partial charge in [-0.2, -0.15) is 0 Å². The molecule has 0 amide bonds. The second kappa shape index (κ2) is 11.8. The Bertz CT molecular complexity index is 3680. The third kappa shape index (κ3) is 4.29. The maximum atomic E-state index is 7.19. The van der Waals surface area contributed by atoms with Crippen molar-refractivity contribution in [2.45, 2.75) is 0 Å². The van der Waals surface area contributed by atoms with Crippen molar-refractivity contribution in [3.63, 3.8) is 0 Å². The molecule has 0 fully saturated rings. The van der Waals surface area contributed by atoms with Crippen molar-refractivity contribution in [3.8, 4) is 33.6 Å². The van der Waals surface area contributed by atoms with E-state index in [0.717, 1.165) is 99.6 Å². The summed E-state index contributed by atoms with van der Waals surface area (Å²) in [5.41, 5.74) is 14.4. The first-order chi connectivity index (χ1) is 28.8. The van der Waals surface area contributed by atoms with Crippen LogP contribution in [-0.2, 0) is 0 Å². The van der Waals surface area contributed by atoms with E-state index in [-0.39, 0.29) is 0 Å². The molecule has 0 atom stereocenters. The molecule has 0 bridgehead atoms. The minimum Gasteiger partial charge on any atom is -0.455 e. The molecular formula is C54H32N2O2. The van der Waals surface area contributed by atoms with Gasteiger partial charge in [0, 0.05) is 72.3 Å². The van der Waals surface area contributed by atoms with Gasteiger partial charge in [0.05, 0.1) is 27.5 Å². The summed E-state index contributed by atoms with van der Waals surface area (Å²) >= 11 is 0. The minimum atomic E-state index is 0.810. The van der Waals surface area contributed by atoms with Crippen molar-refractivity contribution in [2.24, 2.45) is 0 Å². The van der Waals surface area contributed by atoms with Crippen molar-refractivity contribution < 1.29 is 8.83 Å². The molecule has 0 aliphatic carbocycles. The van der Waals surface area contributed by atoms with Gasteiger partial charge in [0.2, 0.25) is 0 Å². The molecule has 0 N–H and O–H groups in total. The zero-order valence-electron chi connectivity index (χ0n) is 31.2. The Morgan fingerprint density at radius 3 is 1.14 bits per heavy atom. The van der Waals surface area contributed by atoms with Gasteiger partial charge in [-0.3, -0.25) is 0 Å². The second-order valence-corrected chi connectivity index (χ2v) is 15.2. The van der Waals surface area contributed by atoms with Crippen LogP contribution in [0.2, 0.25) is 0 Å². The Hall–Kier alpha value is -7.82. The van der Waals surface area contributed by atoms with Crippen LogP contribution in [0.5, 0.6) is 0 Å². The fraction of sp³-hybridized carbons (Fsp3) is 0. The van der Waals surface area contributed by atoms with Gasteiger partial charge in [-0.25, -0.2) is 0 Å². The molecule has 13 aromatic rings. The summed E-state index contributed by atoms with van der Waals surface area (Å²) in [6, 6.07) is 69.2. The van der Waals surface area contributed by atoms with E-state index in [1.165, 1.54) is 21.5 Å². The van der Waals surface area contributed by atoms with E-state index < -0.39 is 0 Å². The van der Waals surface area contributed by atoms with Crippen LogP contribution in [0.3, 0.4) is 0 Å². The molecule has 4 heterocycles. The molecule has 4 heteroatoms. The van der Waals surface area contributed by atoms with Gasteiger partial charge in [-0.05, 0) is 59.7 Å². The van der Waals surface area contributed by atoms with E-state index in [4.69, 9.17) is 8.83 Å². The van der Waals surface area contributed by atoms with Gasteiger partial charge >= 0.3 is 0 Å². The molecule has 58 heavy (non-hydrogen) atoms. The van der Waals surface area contributed by atoms with Gasteiger partial charge in [0.1, 0.15) is 22.3 Å². The lowest BCUT2D eigenvalue weighted by Crippen LogP contribution is -1.93. The fourth-order valence-corrected chi connectivity index (χ4v) is 9.69. The molecular weight excluding hydrogens is 709 g/mol. The van der Waals surface area contributed by atoms with E-state index in [1.54, 1.807) is 0 Å². The SMILES string of the molecule is c1ccc(-c2c(-c3ccccc3)c3c4ccc(-n5c6ccccc6c6ccccc65)cc4oc3c3c2oc2cc(-n4c5ccccc5c5ccccc54)ccc23)cc1. The summed E-state index contributed by atoms with van der Waals surface area (Å²) in [5.74, 6) is 0. The highest BCUT2D eigenvalue weighted by Gasteiger charge is 2.27. The first kappa shape index (κ1) is 31.4. The van der Waals surface area contributed by atoms with E-state index >= 15 is 0 Å². The van der Waals surface area contributed by atoms with Crippen LogP contribution in [0.25, 0.3) is 121 Å². The van der Waals surface area contributed by atoms with Crippen molar-refractivity contribution in [2.75, 3.05) is 0 Å². The van der Waals surface area contributed by atoms with Crippen molar-refractivity contribution in [3.05, 3.63) is 194 Å². The van der Waals surface area contributed by atoms with Crippen LogP contribution in [0.1, 0.15) is 0 Å². The second-order valence-electron chi connectivity index (χ2n) is 15.2. The van der Waals surface area contributed by atoms with Gasteiger partial charge in [0.15, 0.2) is 0 Å². The highest BCUT2D eigenvalue weighted by atomic mass is 16.3. The maximum Gasteiger partial charge on any atom is 0.147 e. The smallest absolute Gasteiger partial charge is 0.147 e. The highest BCUT2D eigenvalue weighted by Crippen LogP contribution is 2.51. The topological polar surface area (TPSA) is 36.1 Å². The van der Waals surface area contributed by atoms with Crippen LogP contribution >= 0.6 is 0 Å². The van der Waals surface area contributed by atoms with Crippen molar-refractivity contribution >= 4 is 87.5 Å². The lowest BCUT2D eigenvalue weighted by atomic mass is 9.88. The van der Waals surface area contributed by atoms with E-state index in [1.807, 2.05) is 0 Å². The molecule has 9 aromatic carbocycles. The third-order valence-electron chi connectivity index (χ3n) is 12.1. The first-order valence-corrected chi connectivity index (χ1v) is 19.8. The predicted molar refractivity (Wildman–Crippen MR) is 241 cm³/mol. The Balaban J connectivity index is 1.15. The molecule has 0 saturated heterocycles. The lowest BCUT2D eigenvalue weighted by Gasteiger charge is -2.13. The average molecular weight is 741 g/mol. The molecule has 0 aliphatic heterocycles.